The van der Waals surface area contributed by atoms with Gasteiger partial charge in [-0.25, -0.2) is 4.79 Å². The van der Waals surface area contributed by atoms with Gasteiger partial charge in [0.2, 0.25) is 4.75 Å². The van der Waals surface area contributed by atoms with Crippen LogP contribution in [0.2, 0.25) is 0 Å². The highest BCUT2D eigenvalue weighted by Gasteiger charge is 2.55. The molecular formula is C27H23NO7S. The molecule has 3 aromatic carbocycles. The Morgan fingerprint density at radius 2 is 1.53 bits per heavy atom. The van der Waals surface area contributed by atoms with Crippen LogP contribution in [0.1, 0.15) is 21.5 Å². The number of benzene rings is 3. The molecule has 0 aliphatic carbocycles. The van der Waals surface area contributed by atoms with Gasteiger partial charge in [-0.2, -0.15) is 0 Å². The smallest absolute Gasteiger partial charge is 0.333 e. The number of esters is 1. The molecule has 1 N–H and O–H groups in total. The Morgan fingerprint density at radius 1 is 0.861 bits per heavy atom. The third kappa shape index (κ3) is 5.75. The molecule has 1 aliphatic heterocycles. The normalized spacial score (nSPS) is 16.8. The standard InChI is InChI=1S/C27H23NO7S/c1-33-21-13-9-20(10-14-21)23(29)17-34-22-11-7-18(8-12-22)15-27(24(30)28-26(32)36-27)25(31)35-16-19-5-3-2-4-6-19/h2-14H,15-17H2,1H3,(H,28,30,32)/t27-/m1/s1. The summed E-state index contributed by atoms with van der Waals surface area (Å²) in [7, 11) is 1.55. The average molecular weight is 506 g/mol. The zero-order chi connectivity index (χ0) is 25.5. The van der Waals surface area contributed by atoms with E-state index in [1.54, 1.807) is 67.8 Å². The minimum Gasteiger partial charge on any atom is -0.497 e. The van der Waals surface area contributed by atoms with Gasteiger partial charge in [0.25, 0.3) is 11.1 Å². The first kappa shape index (κ1) is 25.0. The molecule has 1 fully saturated rings. The molecule has 9 heteroatoms. The number of nitrogens with one attached hydrogen (secondary N) is 1. The van der Waals surface area contributed by atoms with Crippen molar-refractivity contribution in [2.75, 3.05) is 13.7 Å². The van der Waals surface area contributed by atoms with Gasteiger partial charge in [-0.3, -0.25) is 19.7 Å². The van der Waals surface area contributed by atoms with Crippen molar-refractivity contribution < 1.29 is 33.4 Å². The third-order valence-electron chi connectivity index (χ3n) is 5.55. The number of amides is 2. The Kier molecular flexibility index (Phi) is 7.70. The summed E-state index contributed by atoms with van der Waals surface area (Å²) in [6.45, 7) is -0.174. The summed E-state index contributed by atoms with van der Waals surface area (Å²) in [5.41, 5.74) is 1.89. The maximum Gasteiger partial charge on any atom is 0.333 e. The number of carbonyl (C=O) groups excluding carboxylic acids is 4. The van der Waals surface area contributed by atoms with Gasteiger partial charge in [0.15, 0.2) is 12.4 Å². The Bertz CT molecular complexity index is 1260. The van der Waals surface area contributed by atoms with E-state index in [2.05, 4.69) is 5.32 Å². The van der Waals surface area contributed by atoms with Gasteiger partial charge in [0, 0.05) is 12.0 Å². The number of Topliss-reactive ketones (excluding diaryl/α,β-unsaturated/α-hetero) is 1. The summed E-state index contributed by atoms with van der Waals surface area (Å²) in [5.74, 6) is -0.591. The summed E-state index contributed by atoms with van der Waals surface area (Å²) in [6.07, 6.45) is -0.0477. The van der Waals surface area contributed by atoms with Crippen molar-refractivity contribution in [2.45, 2.75) is 17.8 Å². The molecule has 184 valence electrons. The van der Waals surface area contributed by atoms with Crippen molar-refractivity contribution in [1.29, 1.82) is 0 Å². The largest absolute Gasteiger partial charge is 0.497 e. The van der Waals surface area contributed by atoms with Crippen LogP contribution in [0.3, 0.4) is 0 Å². The van der Waals surface area contributed by atoms with Crippen LogP contribution in [0.5, 0.6) is 11.5 Å². The van der Waals surface area contributed by atoms with E-state index in [9.17, 15) is 19.2 Å². The van der Waals surface area contributed by atoms with Gasteiger partial charge in [-0.05, 0) is 59.3 Å². The van der Waals surface area contributed by atoms with Gasteiger partial charge < -0.3 is 14.2 Å². The highest BCUT2D eigenvalue weighted by atomic mass is 32.2. The van der Waals surface area contributed by atoms with Gasteiger partial charge in [-0.15, -0.1) is 0 Å². The number of carbonyl (C=O) groups is 4. The first-order valence-electron chi connectivity index (χ1n) is 11.0. The molecular weight excluding hydrogens is 482 g/mol. The minimum atomic E-state index is -1.72. The van der Waals surface area contributed by atoms with Gasteiger partial charge in [0.1, 0.15) is 18.1 Å². The van der Waals surface area contributed by atoms with Crippen molar-refractivity contribution in [3.05, 3.63) is 95.6 Å². The van der Waals surface area contributed by atoms with Crippen molar-refractivity contribution >= 4 is 34.7 Å². The lowest BCUT2D eigenvalue weighted by atomic mass is 9.97. The molecule has 0 aromatic heterocycles. The number of methoxy groups -OCH3 is 1. The number of hydrogen-bond acceptors (Lipinski definition) is 8. The highest BCUT2D eigenvalue weighted by molar-refractivity contribution is 8.16. The second kappa shape index (κ2) is 11.1. The summed E-state index contributed by atoms with van der Waals surface area (Å²) in [4.78, 5) is 50.0. The van der Waals surface area contributed by atoms with E-state index < -0.39 is 21.9 Å². The van der Waals surface area contributed by atoms with Crippen molar-refractivity contribution in [3.63, 3.8) is 0 Å². The van der Waals surface area contributed by atoms with E-state index in [1.807, 2.05) is 18.2 Å². The van der Waals surface area contributed by atoms with Crippen LogP contribution in [-0.2, 0) is 27.4 Å². The SMILES string of the molecule is COc1ccc(C(=O)COc2ccc(C[C@@]3(C(=O)OCc4ccccc4)SC(=O)NC3=O)cc2)cc1. The summed E-state index contributed by atoms with van der Waals surface area (Å²) in [6, 6.07) is 22.4. The Morgan fingerprint density at radius 3 is 2.14 bits per heavy atom. The summed E-state index contributed by atoms with van der Waals surface area (Å²) < 4.78 is 14.4. The fourth-order valence-electron chi connectivity index (χ4n) is 3.59. The monoisotopic (exact) mass is 505 g/mol. The lowest BCUT2D eigenvalue weighted by Gasteiger charge is -2.22. The van der Waals surface area contributed by atoms with Crippen molar-refractivity contribution in [1.82, 2.24) is 5.32 Å². The minimum absolute atomic E-state index is 0.0154. The molecule has 4 rings (SSSR count). The molecule has 1 aliphatic rings. The number of rotatable bonds is 10. The third-order valence-corrected chi connectivity index (χ3v) is 6.68. The quantitative estimate of drug-likeness (QED) is 0.251. The van der Waals surface area contributed by atoms with E-state index in [0.717, 1.165) is 5.56 Å². The van der Waals surface area contributed by atoms with Gasteiger partial charge >= 0.3 is 5.97 Å². The topological polar surface area (TPSA) is 108 Å². The van der Waals surface area contributed by atoms with Crippen molar-refractivity contribution in [2.24, 2.45) is 0 Å². The Hall–Kier alpha value is -4.11. The molecule has 0 bridgehead atoms. The molecule has 2 amide bonds. The predicted molar refractivity (Wildman–Crippen MR) is 133 cm³/mol. The second-order valence-corrected chi connectivity index (χ2v) is 9.27. The zero-order valence-corrected chi connectivity index (χ0v) is 20.2. The van der Waals surface area contributed by atoms with Crippen LogP contribution in [-0.4, -0.2) is 41.4 Å². The highest BCUT2D eigenvalue weighted by Crippen LogP contribution is 2.37. The van der Waals surface area contributed by atoms with Crippen LogP contribution in [0.25, 0.3) is 0 Å². The molecule has 3 aromatic rings. The van der Waals surface area contributed by atoms with E-state index >= 15 is 0 Å². The zero-order valence-electron chi connectivity index (χ0n) is 19.4. The maximum absolute atomic E-state index is 13.0. The number of imide groups is 1. The average Bonchev–Trinajstić information content (AvgIpc) is 3.20. The predicted octanol–water partition coefficient (Wildman–Crippen LogP) is 3.96. The van der Waals surface area contributed by atoms with Crippen molar-refractivity contribution in [3.8, 4) is 11.5 Å². The molecule has 1 heterocycles. The molecule has 0 radical (unpaired) electrons. The van der Waals surface area contributed by atoms with Crippen LogP contribution < -0.4 is 14.8 Å². The molecule has 0 unspecified atom stereocenters. The summed E-state index contributed by atoms with van der Waals surface area (Å²) in [5, 5.41) is 1.59. The first-order chi connectivity index (χ1) is 17.4. The molecule has 36 heavy (non-hydrogen) atoms. The van der Waals surface area contributed by atoms with Crippen LogP contribution >= 0.6 is 11.8 Å². The van der Waals surface area contributed by atoms with E-state index in [-0.39, 0.29) is 25.4 Å². The number of thioether (sulfide) groups is 1. The molecule has 1 atom stereocenters. The fraction of sp³-hybridized carbons (Fsp3) is 0.185. The first-order valence-corrected chi connectivity index (χ1v) is 11.9. The number of ketones is 1. The van der Waals surface area contributed by atoms with Crippen LogP contribution in [0, 0.1) is 0 Å². The summed E-state index contributed by atoms with van der Waals surface area (Å²) >= 11 is 0.619. The van der Waals surface area contributed by atoms with E-state index in [0.29, 0.717) is 34.4 Å². The van der Waals surface area contributed by atoms with E-state index in [1.165, 1.54) is 0 Å². The lowest BCUT2D eigenvalue weighted by Crippen LogP contribution is -2.46. The fourth-order valence-corrected chi connectivity index (χ4v) is 4.57. The van der Waals surface area contributed by atoms with Gasteiger partial charge in [-0.1, -0.05) is 42.5 Å². The van der Waals surface area contributed by atoms with Crippen LogP contribution in [0.4, 0.5) is 4.79 Å². The molecule has 1 saturated heterocycles. The Labute approximate surface area is 211 Å². The lowest BCUT2D eigenvalue weighted by molar-refractivity contribution is -0.150. The molecule has 0 spiro atoms. The van der Waals surface area contributed by atoms with E-state index in [4.69, 9.17) is 14.2 Å². The number of ether oxygens (including phenoxy) is 3. The Balaban J connectivity index is 1.40. The van der Waals surface area contributed by atoms with Gasteiger partial charge in [0.05, 0.1) is 7.11 Å². The maximum atomic E-state index is 13.0. The number of hydrogen-bond donors (Lipinski definition) is 1. The second-order valence-electron chi connectivity index (χ2n) is 7.99. The van der Waals surface area contributed by atoms with Crippen LogP contribution in [0.15, 0.2) is 78.9 Å². The molecule has 0 saturated carbocycles. The molecule has 8 nitrogen and oxygen atoms in total.